The highest BCUT2D eigenvalue weighted by molar-refractivity contribution is 6.51. The Bertz CT molecular complexity index is 1440. The summed E-state index contributed by atoms with van der Waals surface area (Å²) in [6.45, 7) is 5.14. The van der Waals surface area contributed by atoms with Gasteiger partial charge in [-0.3, -0.25) is 19.3 Å². The van der Waals surface area contributed by atoms with Crippen molar-refractivity contribution in [3.8, 4) is 17.2 Å². The zero-order valence-electron chi connectivity index (χ0n) is 21.2. The van der Waals surface area contributed by atoms with Crippen molar-refractivity contribution in [1.29, 1.82) is 0 Å². The van der Waals surface area contributed by atoms with E-state index in [1.165, 1.54) is 32.1 Å². The Kier molecular flexibility index (Phi) is 7.02. The number of rotatable bonds is 6. The van der Waals surface area contributed by atoms with Crippen molar-refractivity contribution in [2.24, 2.45) is 0 Å². The molecule has 1 unspecified atom stereocenters. The van der Waals surface area contributed by atoms with Gasteiger partial charge >= 0.3 is 5.97 Å². The van der Waals surface area contributed by atoms with Crippen molar-refractivity contribution in [3.63, 3.8) is 0 Å². The van der Waals surface area contributed by atoms with Gasteiger partial charge in [0.05, 0.1) is 31.4 Å². The van der Waals surface area contributed by atoms with E-state index in [1.54, 1.807) is 42.5 Å². The molecule has 1 fully saturated rings. The number of methoxy groups -OCH3 is 2. The molecule has 0 aromatic heterocycles. The molecule has 8 nitrogen and oxygen atoms in total. The minimum Gasteiger partial charge on any atom is -0.507 e. The number of aryl methyl sites for hydroxylation is 2. The second-order valence-electron chi connectivity index (χ2n) is 8.67. The third-order valence-corrected chi connectivity index (χ3v) is 6.31. The van der Waals surface area contributed by atoms with E-state index in [0.29, 0.717) is 22.7 Å². The van der Waals surface area contributed by atoms with Crippen molar-refractivity contribution < 1.29 is 33.7 Å². The van der Waals surface area contributed by atoms with Crippen LogP contribution in [0.3, 0.4) is 0 Å². The fourth-order valence-corrected chi connectivity index (χ4v) is 4.35. The Hall–Kier alpha value is -4.59. The van der Waals surface area contributed by atoms with Crippen LogP contribution in [-0.2, 0) is 14.4 Å². The first-order chi connectivity index (χ1) is 17.7. The van der Waals surface area contributed by atoms with Crippen LogP contribution in [0, 0.1) is 13.8 Å². The van der Waals surface area contributed by atoms with Gasteiger partial charge in [-0.15, -0.1) is 0 Å². The zero-order chi connectivity index (χ0) is 26.9. The van der Waals surface area contributed by atoms with Crippen LogP contribution in [0.15, 0.2) is 66.2 Å². The third-order valence-electron chi connectivity index (χ3n) is 6.31. The van der Waals surface area contributed by atoms with E-state index in [9.17, 15) is 19.5 Å². The second kappa shape index (κ2) is 10.2. The average Bonchev–Trinajstić information content (AvgIpc) is 3.15. The molecule has 0 bridgehead atoms. The number of carbonyl (C=O) groups is 3. The Morgan fingerprint density at radius 1 is 0.892 bits per heavy atom. The number of aliphatic hydroxyl groups excluding tert-OH is 1. The minimum absolute atomic E-state index is 0.130. The normalized spacial score (nSPS) is 16.6. The maximum Gasteiger partial charge on any atom is 0.308 e. The molecule has 4 rings (SSSR count). The van der Waals surface area contributed by atoms with Crippen LogP contribution >= 0.6 is 0 Å². The lowest BCUT2D eigenvalue weighted by Gasteiger charge is -2.26. The largest absolute Gasteiger partial charge is 0.507 e. The van der Waals surface area contributed by atoms with Crippen molar-refractivity contribution in [3.05, 3.63) is 88.5 Å². The lowest BCUT2D eigenvalue weighted by Crippen LogP contribution is -2.29. The van der Waals surface area contributed by atoms with Crippen molar-refractivity contribution >= 4 is 29.1 Å². The van der Waals surface area contributed by atoms with Gasteiger partial charge in [0, 0.05) is 12.6 Å². The smallest absolute Gasteiger partial charge is 0.308 e. The van der Waals surface area contributed by atoms with E-state index < -0.39 is 29.5 Å². The predicted octanol–water partition coefficient (Wildman–Crippen LogP) is 4.87. The number of anilines is 1. The van der Waals surface area contributed by atoms with Gasteiger partial charge in [-0.05, 0) is 73.0 Å². The molecule has 0 spiro atoms. The number of Topliss-reactive ketones (excluding diaryl/α,β-unsaturated/α-hetero) is 1. The number of carbonyl (C=O) groups excluding carboxylic acids is 3. The van der Waals surface area contributed by atoms with Gasteiger partial charge in [0.1, 0.15) is 23.0 Å². The van der Waals surface area contributed by atoms with Crippen LogP contribution in [-0.4, -0.2) is 37.0 Å². The van der Waals surface area contributed by atoms with E-state index >= 15 is 0 Å². The zero-order valence-corrected chi connectivity index (χ0v) is 21.2. The fraction of sp³-hybridized carbons (Fsp3) is 0.207. The summed E-state index contributed by atoms with van der Waals surface area (Å²) in [6, 6.07) is 15.7. The lowest BCUT2D eigenvalue weighted by molar-refractivity contribution is -0.132. The molecule has 8 heteroatoms. The van der Waals surface area contributed by atoms with Crippen LogP contribution in [0.1, 0.15) is 35.2 Å². The number of benzene rings is 3. The molecule has 0 aliphatic carbocycles. The van der Waals surface area contributed by atoms with Gasteiger partial charge in [-0.1, -0.05) is 18.2 Å². The summed E-state index contributed by atoms with van der Waals surface area (Å²) in [5, 5.41) is 11.5. The summed E-state index contributed by atoms with van der Waals surface area (Å²) in [4.78, 5) is 39.9. The minimum atomic E-state index is -1.01. The second-order valence-corrected chi connectivity index (χ2v) is 8.67. The molecule has 1 saturated heterocycles. The first kappa shape index (κ1) is 25.5. The number of nitrogens with zero attached hydrogens (tertiary/aromatic N) is 1. The Morgan fingerprint density at radius 3 is 2.30 bits per heavy atom. The molecule has 1 heterocycles. The molecule has 0 saturated carbocycles. The van der Waals surface area contributed by atoms with Crippen LogP contribution in [0.2, 0.25) is 0 Å². The topological polar surface area (TPSA) is 102 Å². The van der Waals surface area contributed by atoms with E-state index in [1.807, 2.05) is 26.0 Å². The van der Waals surface area contributed by atoms with E-state index in [2.05, 4.69) is 0 Å². The van der Waals surface area contributed by atoms with Gasteiger partial charge < -0.3 is 19.3 Å². The first-order valence-electron chi connectivity index (χ1n) is 11.5. The highest BCUT2D eigenvalue weighted by Gasteiger charge is 2.47. The van der Waals surface area contributed by atoms with Crippen molar-refractivity contribution in [2.75, 3.05) is 19.1 Å². The van der Waals surface area contributed by atoms with E-state index in [4.69, 9.17) is 14.2 Å². The first-order valence-corrected chi connectivity index (χ1v) is 11.5. The summed E-state index contributed by atoms with van der Waals surface area (Å²) >= 11 is 0. The molecule has 3 aromatic rings. The van der Waals surface area contributed by atoms with Crippen LogP contribution in [0.25, 0.3) is 5.76 Å². The quantitative estimate of drug-likeness (QED) is 0.169. The molecular formula is C29H27NO7. The van der Waals surface area contributed by atoms with Gasteiger partial charge in [-0.25, -0.2) is 0 Å². The van der Waals surface area contributed by atoms with Crippen LogP contribution < -0.4 is 19.1 Å². The molecular weight excluding hydrogens is 474 g/mol. The third kappa shape index (κ3) is 4.78. The van der Waals surface area contributed by atoms with E-state index in [-0.39, 0.29) is 16.9 Å². The number of hydrogen-bond donors (Lipinski definition) is 1. The Morgan fingerprint density at radius 2 is 1.65 bits per heavy atom. The fourth-order valence-electron chi connectivity index (χ4n) is 4.35. The molecule has 190 valence electrons. The Balaban J connectivity index is 2.00. The molecule has 3 aromatic carbocycles. The molecule has 1 N–H and O–H groups in total. The molecule has 0 radical (unpaired) electrons. The number of ketones is 1. The summed E-state index contributed by atoms with van der Waals surface area (Å²) < 4.78 is 16.0. The molecule has 1 aliphatic rings. The van der Waals surface area contributed by atoms with Crippen LogP contribution in [0.4, 0.5) is 5.69 Å². The molecule has 37 heavy (non-hydrogen) atoms. The highest BCUT2D eigenvalue weighted by Crippen LogP contribution is 2.44. The van der Waals surface area contributed by atoms with Gasteiger partial charge in [0.15, 0.2) is 0 Å². The van der Waals surface area contributed by atoms with Crippen molar-refractivity contribution in [1.82, 2.24) is 0 Å². The SMILES string of the molecule is COc1ccc(OC)c(/C(O)=C2\C(=O)C(=O)N(c3ccc(C)c(C)c3)C2c2cccc(OC(C)=O)c2)c1. The van der Waals surface area contributed by atoms with Gasteiger partial charge in [0.25, 0.3) is 11.7 Å². The summed E-state index contributed by atoms with van der Waals surface area (Å²) in [7, 11) is 2.91. The lowest BCUT2D eigenvalue weighted by atomic mass is 9.94. The standard InChI is InChI=1S/C29H27NO7/c1-16-9-10-20(13-17(16)2)30-26(19-7-6-8-22(14-19)37-18(3)31)25(28(33)29(30)34)27(32)23-15-21(35-4)11-12-24(23)36-5/h6-15,26,32H,1-5H3/b27-25+. The number of amides is 1. The van der Waals surface area contributed by atoms with Crippen molar-refractivity contribution in [2.45, 2.75) is 26.8 Å². The van der Waals surface area contributed by atoms with Crippen LogP contribution in [0.5, 0.6) is 17.2 Å². The summed E-state index contributed by atoms with van der Waals surface area (Å²) in [6.07, 6.45) is 0. The highest BCUT2D eigenvalue weighted by atomic mass is 16.5. The summed E-state index contributed by atoms with van der Waals surface area (Å²) in [5.41, 5.74) is 2.98. The number of esters is 1. The van der Waals surface area contributed by atoms with Gasteiger partial charge in [0.2, 0.25) is 0 Å². The van der Waals surface area contributed by atoms with E-state index in [0.717, 1.165) is 11.1 Å². The molecule has 1 aliphatic heterocycles. The Labute approximate surface area is 214 Å². The molecule has 1 amide bonds. The maximum atomic E-state index is 13.5. The predicted molar refractivity (Wildman–Crippen MR) is 138 cm³/mol. The number of ether oxygens (including phenoxy) is 3. The number of aliphatic hydroxyl groups is 1. The monoisotopic (exact) mass is 501 g/mol. The summed E-state index contributed by atoms with van der Waals surface area (Å²) in [5.74, 6) is -1.61. The average molecular weight is 502 g/mol. The van der Waals surface area contributed by atoms with Gasteiger partial charge in [-0.2, -0.15) is 0 Å². The number of hydrogen-bond acceptors (Lipinski definition) is 7. The molecule has 1 atom stereocenters. The maximum absolute atomic E-state index is 13.5.